The van der Waals surface area contributed by atoms with Crippen molar-refractivity contribution in [3.8, 4) is 5.75 Å². The average molecular weight is 317 g/mol. The third-order valence-electron chi connectivity index (χ3n) is 3.73. The molecule has 1 fully saturated rings. The Kier molecular flexibility index (Phi) is 4.20. The number of benzene rings is 1. The van der Waals surface area contributed by atoms with Gasteiger partial charge in [-0.1, -0.05) is 6.92 Å². The molecular weight excluding hydrogens is 301 g/mol. The quantitative estimate of drug-likeness (QED) is 0.881. The Morgan fingerprint density at radius 3 is 2.57 bits per heavy atom. The van der Waals surface area contributed by atoms with E-state index in [9.17, 15) is 17.6 Å². The molecule has 116 valence electrons. The Labute approximate surface area is 122 Å². The van der Waals surface area contributed by atoms with E-state index < -0.39 is 27.7 Å². The Hall–Kier alpha value is -1.67. The van der Waals surface area contributed by atoms with E-state index in [-0.39, 0.29) is 29.7 Å². The average Bonchev–Trinajstić information content (AvgIpc) is 2.36. The standard InChI is InChI=1S/C13H16FNO5S/c1-8(13(16)17)9-6-15(7-9)21(18,19)10-3-4-12(20-2)11(14)5-10/h3-5,8-9H,6-7H2,1-2H3,(H,16,17). The van der Waals surface area contributed by atoms with Crippen molar-refractivity contribution in [2.75, 3.05) is 20.2 Å². The Morgan fingerprint density at radius 1 is 1.48 bits per heavy atom. The molecule has 2 rings (SSSR count). The summed E-state index contributed by atoms with van der Waals surface area (Å²) < 4.78 is 44.0. The van der Waals surface area contributed by atoms with Crippen LogP contribution in [0.25, 0.3) is 0 Å². The second-order valence-electron chi connectivity index (χ2n) is 5.01. The van der Waals surface area contributed by atoms with Crippen LogP contribution in [0.2, 0.25) is 0 Å². The highest BCUT2D eigenvalue weighted by atomic mass is 32.2. The summed E-state index contributed by atoms with van der Waals surface area (Å²) in [5, 5.41) is 8.89. The van der Waals surface area contributed by atoms with Crippen LogP contribution >= 0.6 is 0 Å². The fraction of sp³-hybridized carbons (Fsp3) is 0.462. The van der Waals surface area contributed by atoms with Crippen molar-refractivity contribution >= 4 is 16.0 Å². The van der Waals surface area contributed by atoms with Gasteiger partial charge in [0, 0.05) is 13.1 Å². The lowest BCUT2D eigenvalue weighted by Gasteiger charge is -2.39. The normalized spacial score (nSPS) is 18.0. The minimum absolute atomic E-state index is 0.0325. The van der Waals surface area contributed by atoms with Crippen LogP contribution in [0.5, 0.6) is 5.75 Å². The van der Waals surface area contributed by atoms with Gasteiger partial charge in [0.15, 0.2) is 11.6 Å². The summed E-state index contributed by atoms with van der Waals surface area (Å²) in [6.45, 7) is 1.80. The van der Waals surface area contributed by atoms with E-state index in [1.807, 2.05) is 0 Å². The lowest BCUT2D eigenvalue weighted by molar-refractivity contribution is -0.144. The first-order valence-corrected chi connectivity index (χ1v) is 7.78. The smallest absolute Gasteiger partial charge is 0.306 e. The molecule has 6 nitrogen and oxygen atoms in total. The first-order valence-electron chi connectivity index (χ1n) is 6.34. The van der Waals surface area contributed by atoms with Gasteiger partial charge in [-0.3, -0.25) is 4.79 Å². The molecule has 1 N–H and O–H groups in total. The number of sulfonamides is 1. The number of carboxylic acid groups (broad SMARTS) is 1. The van der Waals surface area contributed by atoms with Crippen LogP contribution in [0.1, 0.15) is 6.92 Å². The topological polar surface area (TPSA) is 83.9 Å². The van der Waals surface area contributed by atoms with Gasteiger partial charge in [0.25, 0.3) is 0 Å². The largest absolute Gasteiger partial charge is 0.494 e. The molecule has 1 aromatic carbocycles. The highest BCUT2D eigenvalue weighted by molar-refractivity contribution is 7.89. The molecule has 1 aromatic rings. The van der Waals surface area contributed by atoms with Crippen molar-refractivity contribution in [2.24, 2.45) is 11.8 Å². The second kappa shape index (κ2) is 5.61. The molecule has 1 unspecified atom stereocenters. The van der Waals surface area contributed by atoms with Crippen LogP contribution in [0, 0.1) is 17.7 Å². The monoisotopic (exact) mass is 317 g/mol. The van der Waals surface area contributed by atoms with Gasteiger partial charge in [-0.15, -0.1) is 0 Å². The van der Waals surface area contributed by atoms with Crippen molar-refractivity contribution in [3.05, 3.63) is 24.0 Å². The SMILES string of the molecule is COc1ccc(S(=O)(=O)N2CC(C(C)C(=O)O)C2)cc1F. The van der Waals surface area contributed by atoms with Crippen LogP contribution in [0.3, 0.4) is 0 Å². The van der Waals surface area contributed by atoms with E-state index in [4.69, 9.17) is 9.84 Å². The number of carbonyl (C=O) groups is 1. The molecule has 0 amide bonds. The van der Waals surface area contributed by atoms with Crippen molar-refractivity contribution < 1.29 is 27.4 Å². The van der Waals surface area contributed by atoms with Crippen LogP contribution in [0.4, 0.5) is 4.39 Å². The van der Waals surface area contributed by atoms with Gasteiger partial charge in [0.05, 0.1) is 17.9 Å². The Balaban J connectivity index is 2.14. The molecule has 0 bridgehead atoms. The molecule has 1 aliphatic rings. The maximum Gasteiger partial charge on any atom is 0.306 e. The van der Waals surface area contributed by atoms with Crippen molar-refractivity contribution in [1.82, 2.24) is 4.31 Å². The van der Waals surface area contributed by atoms with Gasteiger partial charge >= 0.3 is 5.97 Å². The Bertz CT molecular complexity index is 655. The van der Waals surface area contributed by atoms with Crippen molar-refractivity contribution in [2.45, 2.75) is 11.8 Å². The number of hydrogen-bond donors (Lipinski definition) is 1. The molecule has 1 atom stereocenters. The highest BCUT2D eigenvalue weighted by Crippen LogP contribution is 2.31. The molecule has 0 aromatic heterocycles. The van der Waals surface area contributed by atoms with E-state index in [0.717, 1.165) is 10.4 Å². The number of hydrogen-bond acceptors (Lipinski definition) is 4. The number of carboxylic acids is 1. The summed E-state index contributed by atoms with van der Waals surface area (Å²) in [6, 6.07) is 3.42. The van der Waals surface area contributed by atoms with Gasteiger partial charge in [-0.2, -0.15) is 4.31 Å². The lowest BCUT2D eigenvalue weighted by Crippen LogP contribution is -2.53. The van der Waals surface area contributed by atoms with Gasteiger partial charge in [0.2, 0.25) is 10.0 Å². The lowest BCUT2D eigenvalue weighted by atomic mass is 9.89. The van der Waals surface area contributed by atoms with Crippen molar-refractivity contribution in [1.29, 1.82) is 0 Å². The summed E-state index contributed by atoms with van der Waals surface area (Å²) in [5.41, 5.74) is 0. The number of halogens is 1. The first-order chi connectivity index (χ1) is 9.77. The summed E-state index contributed by atoms with van der Waals surface area (Å²) in [7, 11) is -2.51. The molecule has 0 aliphatic carbocycles. The summed E-state index contributed by atoms with van der Waals surface area (Å²) in [6.07, 6.45) is 0. The maximum absolute atomic E-state index is 13.6. The van der Waals surface area contributed by atoms with Crippen LogP contribution < -0.4 is 4.74 Å². The number of aliphatic carboxylic acids is 1. The zero-order valence-corrected chi connectivity index (χ0v) is 12.4. The molecule has 1 saturated heterocycles. The number of rotatable bonds is 5. The molecule has 0 radical (unpaired) electrons. The number of ether oxygens (including phenoxy) is 1. The summed E-state index contributed by atoms with van der Waals surface area (Å²) in [4.78, 5) is 10.7. The van der Waals surface area contributed by atoms with Crippen LogP contribution in [-0.2, 0) is 14.8 Å². The number of nitrogens with zero attached hydrogens (tertiary/aromatic N) is 1. The second-order valence-corrected chi connectivity index (χ2v) is 6.94. The van der Waals surface area contributed by atoms with E-state index in [2.05, 4.69) is 0 Å². The molecule has 1 aliphatic heterocycles. The van der Waals surface area contributed by atoms with Gasteiger partial charge in [-0.25, -0.2) is 12.8 Å². The first kappa shape index (κ1) is 15.7. The predicted octanol–water partition coefficient (Wildman–Crippen LogP) is 1.18. The maximum atomic E-state index is 13.6. The minimum atomic E-state index is -3.80. The molecule has 21 heavy (non-hydrogen) atoms. The zero-order valence-electron chi connectivity index (χ0n) is 11.6. The summed E-state index contributed by atoms with van der Waals surface area (Å²) in [5.74, 6) is -2.57. The number of methoxy groups -OCH3 is 1. The van der Waals surface area contributed by atoms with Gasteiger partial charge in [0.1, 0.15) is 0 Å². The van der Waals surface area contributed by atoms with Crippen LogP contribution in [0.15, 0.2) is 23.1 Å². The highest BCUT2D eigenvalue weighted by Gasteiger charge is 2.41. The van der Waals surface area contributed by atoms with E-state index in [0.29, 0.717) is 0 Å². The fourth-order valence-electron chi connectivity index (χ4n) is 2.14. The fourth-order valence-corrected chi connectivity index (χ4v) is 3.71. The van der Waals surface area contributed by atoms with E-state index in [1.165, 1.54) is 19.2 Å². The molecule has 0 saturated carbocycles. The Morgan fingerprint density at radius 2 is 2.10 bits per heavy atom. The van der Waals surface area contributed by atoms with Crippen molar-refractivity contribution in [3.63, 3.8) is 0 Å². The van der Waals surface area contributed by atoms with E-state index >= 15 is 0 Å². The van der Waals surface area contributed by atoms with E-state index in [1.54, 1.807) is 6.92 Å². The molecule has 1 heterocycles. The molecular formula is C13H16FNO5S. The molecule has 0 spiro atoms. The molecule has 8 heteroatoms. The predicted molar refractivity (Wildman–Crippen MR) is 72.0 cm³/mol. The van der Waals surface area contributed by atoms with Gasteiger partial charge < -0.3 is 9.84 Å². The summed E-state index contributed by atoms with van der Waals surface area (Å²) >= 11 is 0. The minimum Gasteiger partial charge on any atom is -0.494 e. The third-order valence-corrected chi connectivity index (χ3v) is 5.56. The zero-order chi connectivity index (χ0) is 15.8. The van der Waals surface area contributed by atoms with Gasteiger partial charge in [-0.05, 0) is 24.1 Å². The third kappa shape index (κ3) is 2.86. The van der Waals surface area contributed by atoms with Crippen LogP contribution in [-0.4, -0.2) is 44.0 Å².